The Morgan fingerprint density at radius 3 is 2.83 bits per heavy atom. The molecule has 18 heavy (non-hydrogen) atoms. The van der Waals surface area contributed by atoms with Crippen LogP contribution in [0.2, 0.25) is 0 Å². The maximum atomic E-state index is 11.7. The summed E-state index contributed by atoms with van der Waals surface area (Å²) in [5, 5.41) is 9.84. The van der Waals surface area contributed by atoms with E-state index in [1.54, 1.807) is 17.9 Å². The first-order valence-corrected chi connectivity index (χ1v) is 6.47. The predicted octanol–water partition coefficient (Wildman–Crippen LogP) is 1.13. The molecule has 1 heterocycles. The highest BCUT2D eigenvalue weighted by molar-refractivity contribution is 5.74. The number of carbonyl (C=O) groups excluding carboxylic acids is 1. The minimum Gasteiger partial charge on any atom is -0.384 e. The van der Waals surface area contributed by atoms with Gasteiger partial charge in [0.1, 0.15) is 5.82 Å². The van der Waals surface area contributed by atoms with Crippen molar-refractivity contribution in [3.8, 4) is 0 Å². The van der Waals surface area contributed by atoms with Gasteiger partial charge >= 0.3 is 6.03 Å². The van der Waals surface area contributed by atoms with Gasteiger partial charge in [-0.05, 0) is 12.8 Å². The molecule has 4 N–H and O–H groups in total. The zero-order chi connectivity index (χ0) is 13.0. The SMILES string of the molecule is Cn1ncc(CNC(=O)NC2CCCCC2)c1N. The molecule has 1 aromatic heterocycles. The lowest BCUT2D eigenvalue weighted by Crippen LogP contribution is -2.42. The highest BCUT2D eigenvalue weighted by Crippen LogP contribution is 2.17. The molecule has 0 bridgehead atoms. The van der Waals surface area contributed by atoms with Gasteiger partial charge < -0.3 is 16.4 Å². The number of hydrogen-bond donors (Lipinski definition) is 3. The van der Waals surface area contributed by atoms with Crippen LogP contribution < -0.4 is 16.4 Å². The van der Waals surface area contributed by atoms with Crippen molar-refractivity contribution in [2.24, 2.45) is 7.05 Å². The van der Waals surface area contributed by atoms with Crippen molar-refractivity contribution < 1.29 is 4.79 Å². The first-order chi connectivity index (χ1) is 8.66. The van der Waals surface area contributed by atoms with E-state index in [9.17, 15) is 4.79 Å². The van der Waals surface area contributed by atoms with E-state index in [4.69, 9.17) is 5.73 Å². The number of anilines is 1. The lowest BCUT2D eigenvalue weighted by atomic mass is 9.96. The predicted molar refractivity (Wildman–Crippen MR) is 69.9 cm³/mol. The lowest BCUT2D eigenvalue weighted by molar-refractivity contribution is 0.232. The Labute approximate surface area is 107 Å². The zero-order valence-corrected chi connectivity index (χ0v) is 10.8. The molecule has 1 aliphatic rings. The summed E-state index contributed by atoms with van der Waals surface area (Å²) < 4.78 is 1.59. The van der Waals surface area contributed by atoms with Crippen LogP contribution in [0.5, 0.6) is 0 Å². The van der Waals surface area contributed by atoms with E-state index in [0.29, 0.717) is 18.4 Å². The molecule has 0 atom stereocenters. The van der Waals surface area contributed by atoms with Gasteiger partial charge in [0, 0.05) is 25.2 Å². The largest absolute Gasteiger partial charge is 0.384 e. The smallest absolute Gasteiger partial charge is 0.315 e. The number of rotatable bonds is 3. The molecule has 2 rings (SSSR count). The van der Waals surface area contributed by atoms with Crippen LogP contribution >= 0.6 is 0 Å². The third kappa shape index (κ3) is 3.15. The number of nitrogens with zero attached hydrogens (tertiary/aromatic N) is 2. The standard InChI is InChI=1S/C12H21N5O/c1-17-11(13)9(8-15-17)7-14-12(18)16-10-5-3-2-4-6-10/h8,10H,2-7,13H2,1H3,(H2,14,16,18). The number of amides is 2. The number of aryl methyl sites for hydroxylation is 1. The number of carbonyl (C=O) groups is 1. The van der Waals surface area contributed by atoms with Crippen LogP contribution in [0.4, 0.5) is 10.6 Å². The van der Waals surface area contributed by atoms with Gasteiger partial charge in [-0.1, -0.05) is 19.3 Å². The molecule has 1 saturated carbocycles. The molecule has 1 fully saturated rings. The summed E-state index contributed by atoms with van der Waals surface area (Å²) in [7, 11) is 1.78. The Balaban J connectivity index is 1.76. The molecule has 1 aliphatic carbocycles. The topological polar surface area (TPSA) is 85.0 Å². The second-order valence-corrected chi connectivity index (χ2v) is 4.84. The van der Waals surface area contributed by atoms with Crippen LogP contribution in [0.25, 0.3) is 0 Å². The average Bonchev–Trinajstić information content (AvgIpc) is 2.69. The minimum absolute atomic E-state index is 0.120. The van der Waals surface area contributed by atoms with E-state index in [2.05, 4.69) is 15.7 Å². The van der Waals surface area contributed by atoms with E-state index in [1.165, 1.54) is 19.3 Å². The average molecular weight is 251 g/mol. The van der Waals surface area contributed by atoms with Crippen molar-refractivity contribution in [1.82, 2.24) is 20.4 Å². The zero-order valence-electron chi connectivity index (χ0n) is 10.8. The second-order valence-electron chi connectivity index (χ2n) is 4.84. The Hall–Kier alpha value is -1.72. The quantitative estimate of drug-likeness (QED) is 0.753. The molecule has 2 amide bonds. The molecule has 0 spiro atoms. The molecule has 1 aromatic rings. The molecular formula is C12H21N5O. The van der Waals surface area contributed by atoms with Crippen molar-refractivity contribution in [2.45, 2.75) is 44.7 Å². The third-order valence-corrected chi connectivity index (χ3v) is 3.44. The van der Waals surface area contributed by atoms with Gasteiger partial charge in [0.15, 0.2) is 0 Å². The van der Waals surface area contributed by atoms with Crippen molar-refractivity contribution in [1.29, 1.82) is 0 Å². The first-order valence-electron chi connectivity index (χ1n) is 6.47. The van der Waals surface area contributed by atoms with Gasteiger partial charge in [-0.2, -0.15) is 5.10 Å². The highest BCUT2D eigenvalue weighted by atomic mass is 16.2. The molecule has 0 saturated heterocycles. The monoisotopic (exact) mass is 251 g/mol. The number of aromatic nitrogens is 2. The lowest BCUT2D eigenvalue weighted by Gasteiger charge is -2.22. The third-order valence-electron chi connectivity index (χ3n) is 3.44. The summed E-state index contributed by atoms with van der Waals surface area (Å²) >= 11 is 0. The summed E-state index contributed by atoms with van der Waals surface area (Å²) in [6.07, 6.45) is 7.55. The van der Waals surface area contributed by atoms with Crippen LogP contribution in [0.15, 0.2) is 6.20 Å². The van der Waals surface area contributed by atoms with Crippen molar-refractivity contribution in [3.63, 3.8) is 0 Å². The van der Waals surface area contributed by atoms with E-state index in [-0.39, 0.29) is 6.03 Å². The van der Waals surface area contributed by atoms with Gasteiger partial charge in [-0.15, -0.1) is 0 Å². The fraction of sp³-hybridized carbons (Fsp3) is 0.667. The van der Waals surface area contributed by atoms with E-state index >= 15 is 0 Å². The number of urea groups is 1. The summed E-state index contributed by atoms with van der Waals surface area (Å²) in [5.41, 5.74) is 6.65. The molecule has 100 valence electrons. The normalized spacial score (nSPS) is 16.5. The van der Waals surface area contributed by atoms with Crippen molar-refractivity contribution in [3.05, 3.63) is 11.8 Å². The summed E-state index contributed by atoms with van der Waals surface area (Å²) in [4.78, 5) is 11.7. The minimum atomic E-state index is -0.120. The molecule has 6 heteroatoms. The number of nitrogen functional groups attached to an aromatic ring is 1. The van der Waals surface area contributed by atoms with Gasteiger partial charge in [0.2, 0.25) is 0 Å². The number of nitrogens with two attached hydrogens (primary N) is 1. The fourth-order valence-electron chi connectivity index (χ4n) is 2.29. The maximum absolute atomic E-state index is 11.7. The number of hydrogen-bond acceptors (Lipinski definition) is 3. The van der Waals surface area contributed by atoms with E-state index in [1.807, 2.05) is 0 Å². The van der Waals surface area contributed by atoms with Crippen LogP contribution in [0.3, 0.4) is 0 Å². The number of nitrogens with one attached hydrogen (secondary N) is 2. The fourth-order valence-corrected chi connectivity index (χ4v) is 2.29. The van der Waals surface area contributed by atoms with Crippen molar-refractivity contribution >= 4 is 11.8 Å². The Kier molecular flexibility index (Phi) is 4.07. The summed E-state index contributed by atoms with van der Waals surface area (Å²) in [6.45, 7) is 0.415. The van der Waals surface area contributed by atoms with Gasteiger partial charge in [-0.3, -0.25) is 4.68 Å². The first kappa shape index (κ1) is 12.7. The van der Waals surface area contributed by atoms with Gasteiger partial charge in [0.25, 0.3) is 0 Å². The van der Waals surface area contributed by atoms with Crippen LogP contribution in [0, 0.1) is 0 Å². The summed E-state index contributed by atoms with van der Waals surface area (Å²) in [6, 6.07) is 0.204. The Bertz CT molecular complexity index is 409. The maximum Gasteiger partial charge on any atom is 0.315 e. The Morgan fingerprint density at radius 1 is 1.50 bits per heavy atom. The van der Waals surface area contributed by atoms with Crippen molar-refractivity contribution in [2.75, 3.05) is 5.73 Å². The van der Waals surface area contributed by atoms with Gasteiger partial charge in [0.05, 0.1) is 6.20 Å². The molecule has 6 nitrogen and oxygen atoms in total. The molecule has 0 aliphatic heterocycles. The van der Waals surface area contributed by atoms with E-state index < -0.39 is 0 Å². The Morgan fingerprint density at radius 2 is 2.22 bits per heavy atom. The summed E-state index contributed by atoms with van der Waals surface area (Å²) in [5.74, 6) is 0.591. The molecule has 0 aromatic carbocycles. The van der Waals surface area contributed by atoms with E-state index in [0.717, 1.165) is 18.4 Å². The van der Waals surface area contributed by atoms with Crippen LogP contribution in [-0.4, -0.2) is 21.9 Å². The highest BCUT2D eigenvalue weighted by Gasteiger charge is 2.15. The van der Waals surface area contributed by atoms with Crippen LogP contribution in [0.1, 0.15) is 37.7 Å². The van der Waals surface area contributed by atoms with Crippen LogP contribution in [-0.2, 0) is 13.6 Å². The molecule has 0 radical (unpaired) electrons. The molecule has 0 unspecified atom stereocenters. The molecular weight excluding hydrogens is 230 g/mol. The van der Waals surface area contributed by atoms with Gasteiger partial charge in [-0.25, -0.2) is 4.79 Å². The second kappa shape index (κ2) is 5.75.